The number of nitrogens with two attached hydrogens (primary N) is 1. The van der Waals surface area contributed by atoms with Gasteiger partial charge in [0.05, 0.1) is 10.6 Å². The first-order valence-electron chi connectivity index (χ1n) is 6.14. The lowest BCUT2D eigenvalue weighted by molar-refractivity contribution is -0.384. The van der Waals surface area contributed by atoms with Crippen LogP contribution < -0.4 is 5.73 Å². The highest BCUT2D eigenvalue weighted by Gasteiger charge is 2.10. The molecular weight excluding hydrogens is 272 g/mol. The molecule has 0 spiro atoms. The van der Waals surface area contributed by atoms with E-state index in [0.717, 1.165) is 17.2 Å². The predicted octanol–water partition coefficient (Wildman–Crippen LogP) is 3.91. The molecule has 0 bridgehead atoms. The number of azo groups is 1. The number of hydrogen-bond acceptors (Lipinski definition) is 6. The normalized spacial score (nSPS) is 11.0. The second-order valence-electron chi connectivity index (χ2n) is 4.63. The van der Waals surface area contributed by atoms with Crippen molar-refractivity contribution in [3.8, 4) is 5.75 Å². The van der Waals surface area contributed by atoms with Gasteiger partial charge in [-0.25, -0.2) is 0 Å². The summed E-state index contributed by atoms with van der Waals surface area (Å²) in [5, 5.41) is 28.2. The summed E-state index contributed by atoms with van der Waals surface area (Å²) in [6.45, 7) is 3.84. The van der Waals surface area contributed by atoms with Crippen LogP contribution in [0.2, 0.25) is 0 Å². The molecule has 0 radical (unpaired) electrons. The third kappa shape index (κ3) is 3.14. The lowest BCUT2D eigenvalue weighted by atomic mass is 10.1. The third-order valence-electron chi connectivity index (χ3n) is 3.08. The van der Waals surface area contributed by atoms with E-state index in [0.29, 0.717) is 11.4 Å². The summed E-state index contributed by atoms with van der Waals surface area (Å²) < 4.78 is 0. The summed E-state index contributed by atoms with van der Waals surface area (Å²) in [6.07, 6.45) is 0. The van der Waals surface area contributed by atoms with Crippen molar-refractivity contribution in [2.45, 2.75) is 13.8 Å². The number of benzene rings is 2. The molecule has 0 aromatic heterocycles. The van der Waals surface area contributed by atoms with Crippen LogP contribution in [0.4, 0.5) is 22.7 Å². The van der Waals surface area contributed by atoms with Crippen molar-refractivity contribution in [3.05, 3.63) is 51.6 Å². The molecule has 2 aromatic carbocycles. The highest BCUT2D eigenvalue weighted by atomic mass is 16.6. The van der Waals surface area contributed by atoms with Gasteiger partial charge in [-0.1, -0.05) is 0 Å². The van der Waals surface area contributed by atoms with Crippen LogP contribution in [0.5, 0.6) is 5.75 Å². The molecule has 108 valence electrons. The van der Waals surface area contributed by atoms with Crippen molar-refractivity contribution in [1.29, 1.82) is 0 Å². The average molecular weight is 286 g/mol. The minimum Gasteiger partial charge on any atom is -0.506 e. The highest BCUT2D eigenvalue weighted by Crippen LogP contribution is 2.33. The van der Waals surface area contributed by atoms with E-state index in [1.165, 1.54) is 12.1 Å². The SMILES string of the molecule is Cc1cc(N)c(N=Nc2cc([N+](=O)[O-])ccc2O)cc1C. The number of hydrogen-bond donors (Lipinski definition) is 2. The summed E-state index contributed by atoms with van der Waals surface area (Å²) in [7, 11) is 0. The van der Waals surface area contributed by atoms with Crippen LogP contribution >= 0.6 is 0 Å². The fourth-order valence-electron chi connectivity index (χ4n) is 1.72. The summed E-state index contributed by atoms with van der Waals surface area (Å²) in [4.78, 5) is 10.1. The number of nitrogen functional groups attached to an aromatic ring is 1. The fraction of sp³-hybridized carbons (Fsp3) is 0.143. The molecule has 0 saturated heterocycles. The Morgan fingerprint density at radius 3 is 2.38 bits per heavy atom. The number of aryl methyl sites for hydroxylation is 2. The van der Waals surface area contributed by atoms with Gasteiger partial charge in [-0.05, 0) is 43.2 Å². The average Bonchev–Trinajstić information content (AvgIpc) is 2.42. The van der Waals surface area contributed by atoms with E-state index in [1.54, 1.807) is 12.1 Å². The van der Waals surface area contributed by atoms with Crippen molar-refractivity contribution >= 4 is 22.7 Å². The van der Waals surface area contributed by atoms with Gasteiger partial charge in [0.1, 0.15) is 17.1 Å². The van der Waals surface area contributed by atoms with E-state index >= 15 is 0 Å². The van der Waals surface area contributed by atoms with Crippen LogP contribution in [0.15, 0.2) is 40.6 Å². The van der Waals surface area contributed by atoms with Gasteiger partial charge in [0.2, 0.25) is 0 Å². The lowest BCUT2D eigenvalue weighted by Crippen LogP contribution is -1.89. The second-order valence-corrected chi connectivity index (χ2v) is 4.63. The molecule has 2 aromatic rings. The Morgan fingerprint density at radius 1 is 1.10 bits per heavy atom. The number of non-ortho nitro benzene ring substituents is 1. The Hall–Kier alpha value is -2.96. The maximum absolute atomic E-state index is 10.7. The number of nitro benzene ring substituents is 1. The first kappa shape index (κ1) is 14.4. The molecule has 0 atom stereocenters. The van der Waals surface area contributed by atoms with Crippen LogP contribution in [0.25, 0.3) is 0 Å². The van der Waals surface area contributed by atoms with Gasteiger partial charge in [0.15, 0.2) is 0 Å². The van der Waals surface area contributed by atoms with Crippen molar-refractivity contribution in [2.24, 2.45) is 10.2 Å². The molecule has 21 heavy (non-hydrogen) atoms. The molecule has 2 rings (SSSR count). The lowest BCUT2D eigenvalue weighted by Gasteiger charge is -2.04. The van der Waals surface area contributed by atoms with Crippen molar-refractivity contribution in [2.75, 3.05) is 5.73 Å². The zero-order valence-electron chi connectivity index (χ0n) is 11.6. The zero-order chi connectivity index (χ0) is 15.6. The molecule has 3 N–H and O–H groups in total. The van der Waals surface area contributed by atoms with Crippen molar-refractivity contribution in [3.63, 3.8) is 0 Å². The Morgan fingerprint density at radius 2 is 1.71 bits per heavy atom. The van der Waals surface area contributed by atoms with E-state index < -0.39 is 4.92 Å². The Bertz CT molecular complexity index is 741. The fourth-order valence-corrected chi connectivity index (χ4v) is 1.72. The van der Waals surface area contributed by atoms with Crippen LogP contribution in [0, 0.1) is 24.0 Å². The number of anilines is 1. The van der Waals surface area contributed by atoms with Gasteiger partial charge >= 0.3 is 0 Å². The van der Waals surface area contributed by atoms with Crippen LogP contribution in [-0.4, -0.2) is 10.0 Å². The molecule has 0 fully saturated rings. The molecule has 7 heteroatoms. The maximum Gasteiger partial charge on any atom is 0.271 e. The van der Waals surface area contributed by atoms with E-state index in [1.807, 2.05) is 13.8 Å². The molecule has 0 saturated carbocycles. The smallest absolute Gasteiger partial charge is 0.271 e. The van der Waals surface area contributed by atoms with Crippen molar-refractivity contribution < 1.29 is 10.0 Å². The van der Waals surface area contributed by atoms with Gasteiger partial charge in [-0.2, -0.15) is 0 Å². The number of aromatic hydroxyl groups is 1. The van der Waals surface area contributed by atoms with E-state index in [-0.39, 0.29) is 17.1 Å². The van der Waals surface area contributed by atoms with E-state index in [4.69, 9.17) is 5.73 Å². The molecule has 0 amide bonds. The van der Waals surface area contributed by atoms with Gasteiger partial charge in [-0.3, -0.25) is 10.1 Å². The molecule has 0 aliphatic heterocycles. The maximum atomic E-state index is 10.7. The summed E-state index contributed by atoms with van der Waals surface area (Å²) in [6, 6.07) is 7.09. The first-order valence-corrected chi connectivity index (χ1v) is 6.14. The predicted molar refractivity (Wildman–Crippen MR) is 79.3 cm³/mol. The van der Waals surface area contributed by atoms with Crippen molar-refractivity contribution in [1.82, 2.24) is 0 Å². The van der Waals surface area contributed by atoms with Crippen LogP contribution in [0.1, 0.15) is 11.1 Å². The quantitative estimate of drug-likeness (QED) is 0.385. The van der Waals surface area contributed by atoms with Gasteiger partial charge < -0.3 is 10.8 Å². The number of nitro groups is 1. The third-order valence-corrected chi connectivity index (χ3v) is 3.08. The van der Waals surface area contributed by atoms with Crippen LogP contribution in [-0.2, 0) is 0 Å². The molecular formula is C14H14N4O3. The Balaban J connectivity index is 2.40. The number of nitrogens with zero attached hydrogens (tertiary/aromatic N) is 3. The molecule has 7 nitrogen and oxygen atoms in total. The minimum atomic E-state index is -0.567. The second kappa shape index (κ2) is 5.58. The molecule has 0 aliphatic carbocycles. The van der Waals surface area contributed by atoms with Crippen LogP contribution in [0.3, 0.4) is 0 Å². The topological polar surface area (TPSA) is 114 Å². The van der Waals surface area contributed by atoms with E-state index in [2.05, 4.69) is 10.2 Å². The minimum absolute atomic E-state index is 0.0156. The standard InChI is InChI=1S/C14H14N4O3/c1-8-5-11(15)12(6-9(8)2)16-17-13-7-10(18(20)21)3-4-14(13)19/h3-7,19H,15H2,1-2H3. The summed E-state index contributed by atoms with van der Waals surface area (Å²) in [5.74, 6) is -0.188. The highest BCUT2D eigenvalue weighted by molar-refractivity contribution is 5.65. The molecule has 0 unspecified atom stereocenters. The molecule has 0 aliphatic rings. The molecule has 0 heterocycles. The first-order chi connectivity index (χ1) is 9.88. The van der Waals surface area contributed by atoms with E-state index in [9.17, 15) is 15.2 Å². The zero-order valence-corrected chi connectivity index (χ0v) is 11.6. The Labute approximate surface area is 120 Å². The monoisotopic (exact) mass is 286 g/mol. The summed E-state index contributed by atoms with van der Waals surface area (Å²) >= 11 is 0. The number of rotatable bonds is 3. The number of phenolic OH excluding ortho intramolecular Hbond substituents is 1. The largest absolute Gasteiger partial charge is 0.506 e. The number of phenols is 1. The van der Waals surface area contributed by atoms with Gasteiger partial charge in [0, 0.05) is 12.1 Å². The van der Waals surface area contributed by atoms with Gasteiger partial charge in [-0.15, -0.1) is 10.2 Å². The van der Waals surface area contributed by atoms with Gasteiger partial charge in [0.25, 0.3) is 5.69 Å². The summed E-state index contributed by atoms with van der Waals surface area (Å²) in [5.41, 5.74) is 8.62. The Kier molecular flexibility index (Phi) is 3.84.